The molecule has 0 aliphatic heterocycles. The van der Waals surface area contributed by atoms with E-state index in [1.807, 2.05) is 0 Å². The molecule has 2 N–H and O–H groups in total. The second kappa shape index (κ2) is 9.37. The number of ether oxygens (including phenoxy) is 1. The molecule has 0 saturated heterocycles. The molecule has 0 aliphatic carbocycles. The van der Waals surface area contributed by atoms with Crippen LogP contribution in [-0.2, 0) is 9.53 Å². The number of hydrogen-bond donors (Lipinski definition) is 2. The van der Waals surface area contributed by atoms with Crippen LogP contribution >= 0.6 is 0 Å². The molecule has 112 valence electrons. The molecule has 4 nitrogen and oxygen atoms in total. The van der Waals surface area contributed by atoms with E-state index >= 15 is 0 Å². The van der Waals surface area contributed by atoms with Crippen molar-refractivity contribution in [3.8, 4) is 0 Å². The first-order valence-electron chi connectivity index (χ1n) is 7.23. The number of rotatable bonds is 9. The number of hydrogen-bond acceptors (Lipinski definition) is 3. The van der Waals surface area contributed by atoms with Gasteiger partial charge in [0.15, 0.2) is 0 Å². The van der Waals surface area contributed by atoms with Gasteiger partial charge in [-0.15, -0.1) is 0 Å². The third-order valence-electron chi connectivity index (χ3n) is 3.11. The van der Waals surface area contributed by atoms with Crippen molar-refractivity contribution in [2.75, 3.05) is 32.1 Å². The molecule has 0 aliphatic rings. The maximum atomic E-state index is 11.5. The predicted molar refractivity (Wildman–Crippen MR) is 83.1 cm³/mol. The zero-order chi connectivity index (χ0) is 14.8. The fraction of sp³-hybridized carbons (Fsp3) is 0.562. The molecule has 1 aromatic carbocycles. The van der Waals surface area contributed by atoms with Crippen LogP contribution in [-0.4, -0.2) is 32.7 Å². The lowest BCUT2D eigenvalue weighted by Crippen LogP contribution is -2.26. The quantitative estimate of drug-likeness (QED) is 0.683. The number of nitrogens with one attached hydrogen (secondary N) is 2. The van der Waals surface area contributed by atoms with E-state index in [0.717, 1.165) is 12.1 Å². The van der Waals surface area contributed by atoms with Gasteiger partial charge in [0.1, 0.15) is 0 Å². The van der Waals surface area contributed by atoms with Crippen LogP contribution in [0.1, 0.15) is 38.2 Å². The van der Waals surface area contributed by atoms with E-state index in [-0.39, 0.29) is 5.91 Å². The van der Waals surface area contributed by atoms with Crippen molar-refractivity contribution in [1.82, 2.24) is 5.32 Å². The van der Waals surface area contributed by atoms with Gasteiger partial charge in [-0.3, -0.25) is 4.79 Å². The topological polar surface area (TPSA) is 50.4 Å². The summed E-state index contributed by atoms with van der Waals surface area (Å²) in [6, 6.07) is 8.37. The second-order valence-corrected chi connectivity index (χ2v) is 5.15. The van der Waals surface area contributed by atoms with Crippen molar-refractivity contribution in [1.29, 1.82) is 0 Å². The van der Waals surface area contributed by atoms with Gasteiger partial charge in [0.2, 0.25) is 5.91 Å². The fourth-order valence-corrected chi connectivity index (χ4v) is 1.84. The highest BCUT2D eigenvalue weighted by atomic mass is 16.5. The number of carbonyl (C=O) groups is 1. The van der Waals surface area contributed by atoms with Crippen LogP contribution in [0.5, 0.6) is 0 Å². The van der Waals surface area contributed by atoms with Gasteiger partial charge in [-0.1, -0.05) is 26.0 Å². The lowest BCUT2D eigenvalue weighted by Gasteiger charge is -2.09. The first-order chi connectivity index (χ1) is 9.63. The molecule has 0 spiro atoms. The number of amides is 1. The van der Waals surface area contributed by atoms with Crippen LogP contribution in [0.25, 0.3) is 0 Å². The van der Waals surface area contributed by atoms with Gasteiger partial charge in [-0.25, -0.2) is 0 Å². The average molecular weight is 278 g/mol. The minimum absolute atomic E-state index is 0.0763. The summed E-state index contributed by atoms with van der Waals surface area (Å²) in [5, 5.41) is 6.13. The Kier molecular flexibility index (Phi) is 7.73. The van der Waals surface area contributed by atoms with E-state index in [0.29, 0.717) is 32.0 Å². The van der Waals surface area contributed by atoms with Crippen molar-refractivity contribution in [3.05, 3.63) is 29.8 Å². The molecule has 0 radical (unpaired) electrons. The first kappa shape index (κ1) is 16.5. The fourth-order valence-electron chi connectivity index (χ4n) is 1.84. The zero-order valence-electron chi connectivity index (χ0n) is 12.7. The van der Waals surface area contributed by atoms with Gasteiger partial charge in [-0.2, -0.15) is 0 Å². The standard InChI is InChI=1S/C16H26N2O2/c1-13(2)14-5-7-15(8-6-14)17-11-9-16(19)18-10-4-12-20-3/h5-8,13,17H,4,9-12H2,1-3H3,(H,18,19). The Balaban J connectivity index is 2.18. The molecular weight excluding hydrogens is 252 g/mol. The van der Waals surface area contributed by atoms with Gasteiger partial charge in [-0.05, 0) is 30.0 Å². The Labute approximate surface area is 121 Å². The summed E-state index contributed by atoms with van der Waals surface area (Å²) >= 11 is 0. The van der Waals surface area contributed by atoms with Crippen LogP contribution in [0.3, 0.4) is 0 Å². The monoisotopic (exact) mass is 278 g/mol. The molecule has 0 unspecified atom stereocenters. The summed E-state index contributed by atoms with van der Waals surface area (Å²) in [4.78, 5) is 11.5. The molecule has 0 saturated carbocycles. The van der Waals surface area contributed by atoms with Crippen LogP contribution in [0.2, 0.25) is 0 Å². The maximum absolute atomic E-state index is 11.5. The number of anilines is 1. The number of carbonyl (C=O) groups excluding carboxylic acids is 1. The van der Waals surface area contributed by atoms with Gasteiger partial charge in [0.25, 0.3) is 0 Å². The molecule has 1 aromatic rings. The minimum Gasteiger partial charge on any atom is -0.385 e. The number of benzene rings is 1. The third kappa shape index (κ3) is 6.57. The maximum Gasteiger partial charge on any atom is 0.221 e. The minimum atomic E-state index is 0.0763. The van der Waals surface area contributed by atoms with Crippen LogP contribution in [0.4, 0.5) is 5.69 Å². The number of methoxy groups -OCH3 is 1. The van der Waals surface area contributed by atoms with Gasteiger partial charge >= 0.3 is 0 Å². The molecular formula is C16H26N2O2. The Bertz CT molecular complexity index is 388. The summed E-state index contributed by atoms with van der Waals surface area (Å²) in [7, 11) is 1.66. The SMILES string of the molecule is COCCCNC(=O)CCNc1ccc(C(C)C)cc1. The van der Waals surface area contributed by atoms with Gasteiger partial charge in [0, 0.05) is 38.9 Å². The van der Waals surface area contributed by atoms with Crippen molar-refractivity contribution in [2.24, 2.45) is 0 Å². The van der Waals surface area contributed by atoms with Gasteiger partial charge < -0.3 is 15.4 Å². The Morgan fingerprint density at radius 2 is 1.90 bits per heavy atom. The molecule has 0 fully saturated rings. The van der Waals surface area contributed by atoms with E-state index in [1.165, 1.54) is 5.56 Å². The van der Waals surface area contributed by atoms with Crippen molar-refractivity contribution in [3.63, 3.8) is 0 Å². The highest BCUT2D eigenvalue weighted by Crippen LogP contribution is 2.16. The molecule has 1 rings (SSSR count). The van der Waals surface area contributed by atoms with E-state index < -0.39 is 0 Å². The summed E-state index contributed by atoms with van der Waals surface area (Å²) in [6.45, 7) is 6.36. The predicted octanol–water partition coefficient (Wildman–Crippen LogP) is 2.76. The largest absolute Gasteiger partial charge is 0.385 e. The Morgan fingerprint density at radius 3 is 2.50 bits per heavy atom. The smallest absolute Gasteiger partial charge is 0.221 e. The molecule has 20 heavy (non-hydrogen) atoms. The van der Waals surface area contributed by atoms with Crippen LogP contribution < -0.4 is 10.6 Å². The highest BCUT2D eigenvalue weighted by molar-refractivity contribution is 5.76. The van der Waals surface area contributed by atoms with E-state index in [4.69, 9.17) is 4.74 Å². The molecule has 0 bridgehead atoms. The van der Waals surface area contributed by atoms with E-state index in [9.17, 15) is 4.79 Å². The Morgan fingerprint density at radius 1 is 1.20 bits per heavy atom. The van der Waals surface area contributed by atoms with Gasteiger partial charge in [0.05, 0.1) is 0 Å². The lowest BCUT2D eigenvalue weighted by molar-refractivity contribution is -0.120. The Hall–Kier alpha value is -1.55. The molecule has 4 heteroatoms. The highest BCUT2D eigenvalue weighted by Gasteiger charge is 2.01. The summed E-state index contributed by atoms with van der Waals surface area (Å²) in [6.07, 6.45) is 1.34. The van der Waals surface area contributed by atoms with Crippen LogP contribution in [0, 0.1) is 0 Å². The lowest BCUT2D eigenvalue weighted by atomic mass is 10.0. The second-order valence-electron chi connectivity index (χ2n) is 5.15. The molecule has 0 aromatic heterocycles. The zero-order valence-corrected chi connectivity index (χ0v) is 12.7. The van der Waals surface area contributed by atoms with Crippen molar-refractivity contribution >= 4 is 11.6 Å². The summed E-state index contributed by atoms with van der Waals surface area (Å²) < 4.78 is 4.93. The molecule has 1 amide bonds. The molecule has 0 heterocycles. The van der Waals surface area contributed by atoms with Crippen molar-refractivity contribution < 1.29 is 9.53 Å². The summed E-state index contributed by atoms with van der Waals surface area (Å²) in [5.74, 6) is 0.620. The van der Waals surface area contributed by atoms with E-state index in [1.54, 1.807) is 7.11 Å². The molecule has 0 atom stereocenters. The third-order valence-corrected chi connectivity index (χ3v) is 3.11. The van der Waals surface area contributed by atoms with Crippen molar-refractivity contribution in [2.45, 2.75) is 32.6 Å². The van der Waals surface area contributed by atoms with Crippen LogP contribution in [0.15, 0.2) is 24.3 Å². The normalized spacial score (nSPS) is 10.6. The average Bonchev–Trinajstić information content (AvgIpc) is 2.44. The first-order valence-corrected chi connectivity index (χ1v) is 7.23. The van der Waals surface area contributed by atoms with E-state index in [2.05, 4.69) is 48.7 Å². The summed E-state index contributed by atoms with van der Waals surface area (Å²) in [5.41, 5.74) is 2.38.